The van der Waals surface area contributed by atoms with Crippen molar-refractivity contribution in [2.45, 2.75) is 13.5 Å². The number of hydrogen-bond acceptors (Lipinski definition) is 6. The highest BCUT2D eigenvalue weighted by Gasteiger charge is 2.19. The number of amides is 1. The van der Waals surface area contributed by atoms with E-state index in [1.54, 1.807) is 42.3 Å². The Morgan fingerprint density at radius 3 is 2.83 bits per heavy atom. The average Bonchev–Trinajstić information content (AvgIpc) is 3.23. The highest BCUT2D eigenvalue weighted by molar-refractivity contribution is 6.04. The molecule has 8 nitrogen and oxygen atoms in total. The zero-order chi connectivity index (χ0) is 17.1. The lowest BCUT2D eigenvalue weighted by molar-refractivity contribution is 0.0984. The maximum Gasteiger partial charge on any atom is 0.280 e. The molecule has 0 bridgehead atoms. The van der Waals surface area contributed by atoms with E-state index >= 15 is 0 Å². The number of rotatable bonds is 5. The molecule has 0 radical (unpaired) electrons. The van der Waals surface area contributed by atoms with E-state index in [-0.39, 0.29) is 11.6 Å². The molecule has 3 aromatic rings. The number of aryl methyl sites for hydroxylation is 1. The van der Waals surface area contributed by atoms with Crippen LogP contribution in [0.1, 0.15) is 21.8 Å². The SMILES string of the molecule is COc1ccc(N(C)C(=O)c2cc(Cn3cc(C)cn3)on2)cn1. The molecule has 0 N–H and O–H groups in total. The van der Waals surface area contributed by atoms with Crippen LogP contribution in [0.2, 0.25) is 0 Å². The fourth-order valence-electron chi connectivity index (χ4n) is 2.18. The Morgan fingerprint density at radius 1 is 1.38 bits per heavy atom. The predicted molar refractivity (Wildman–Crippen MR) is 86.1 cm³/mol. The van der Waals surface area contributed by atoms with Gasteiger partial charge in [-0.05, 0) is 18.6 Å². The van der Waals surface area contributed by atoms with Crippen LogP contribution in [0.5, 0.6) is 5.88 Å². The lowest BCUT2D eigenvalue weighted by Crippen LogP contribution is -2.26. The third-order valence-electron chi connectivity index (χ3n) is 3.48. The Labute approximate surface area is 138 Å². The largest absolute Gasteiger partial charge is 0.481 e. The van der Waals surface area contributed by atoms with Gasteiger partial charge in [0.05, 0.1) is 25.2 Å². The molecule has 0 aliphatic rings. The number of ether oxygens (including phenoxy) is 1. The van der Waals surface area contributed by atoms with Gasteiger partial charge in [0.2, 0.25) is 5.88 Å². The van der Waals surface area contributed by atoms with Gasteiger partial charge in [0.15, 0.2) is 11.5 Å². The van der Waals surface area contributed by atoms with E-state index in [2.05, 4.69) is 15.2 Å². The van der Waals surface area contributed by atoms with Crippen LogP contribution in [-0.2, 0) is 6.54 Å². The van der Waals surface area contributed by atoms with Gasteiger partial charge in [-0.2, -0.15) is 5.10 Å². The molecule has 0 saturated carbocycles. The monoisotopic (exact) mass is 327 g/mol. The molecule has 0 aromatic carbocycles. The molecule has 3 rings (SSSR count). The number of pyridine rings is 1. The molecule has 3 aromatic heterocycles. The molecular weight excluding hydrogens is 310 g/mol. The van der Waals surface area contributed by atoms with Gasteiger partial charge in [0, 0.05) is 25.4 Å². The van der Waals surface area contributed by atoms with Crippen LogP contribution in [0.25, 0.3) is 0 Å². The summed E-state index contributed by atoms with van der Waals surface area (Å²) < 4.78 is 12.0. The lowest BCUT2D eigenvalue weighted by Gasteiger charge is -2.15. The number of methoxy groups -OCH3 is 1. The van der Waals surface area contributed by atoms with Crippen LogP contribution in [0.15, 0.2) is 41.3 Å². The van der Waals surface area contributed by atoms with Gasteiger partial charge in [-0.3, -0.25) is 9.48 Å². The first kappa shape index (κ1) is 15.7. The molecule has 8 heteroatoms. The van der Waals surface area contributed by atoms with Crippen molar-refractivity contribution in [2.24, 2.45) is 0 Å². The van der Waals surface area contributed by atoms with Crippen LogP contribution in [-0.4, -0.2) is 40.0 Å². The van der Waals surface area contributed by atoms with Crippen molar-refractivity contribution in [2.75, 3.05) is 19.1 Å². The smallest absolute Gasteiger partial charge is 0.280 e. The van der Waals surface area contributed by atoms with E-state index < -0.39 is 0 Å². The van der Waals surface area contributed by atoms with Gasteiger partial charge < -0.3 is 14.2 Å². The molecule has 0 saturated heterocycles. The minimum absolute atomic E-state index is 0.229. The summed E-state index contributed by atoms with van der Waals surface area (Å²) in [4.78, 5) is 18.0. The molecule has 0 atom stereocenters. The maximum absolute atomic E-state index is 12.5. The number of nitrogens with zero attached hydrogens (tertiary/aromatic N) is 5. The van der Waals surface area contributed by atoms with E-state index in [4.69, 9.17) is 9.26 Å². The molecule has 0 unspecified atom stereocenters. The molecule has 0 fully saturated rings. The highest BCUT2D eigenvalue weighted by atomic mass is 16.5. The second kappa shape index (κ2) is 6.53. The summed E-state index contributed by atoms with van der Waals surface area (Å²) in [6.07, 6.45) is 5.20. The van der Waals surface area contributed by atoms with Crippen LogP contribution < -0.4 is 9.64 Å². The zero-order valence-corrected chi connectivity index (χ0v) is 13.6. The van der Waals surface area contributed by atoms with Crippen molar-refractivity contribution in [3.63, 3.8) is 0 Å². The zero-order valence-electron chi connectivity index (χ0n) is 13.6. The van der Waals surface area contributed by atoms with Crippen LogP contribution >= 0.6 is 0 Å². The van der Waals surface area contributed by atoms with Gasteiger partial charge in [-0.15, -0.1) is 0 Å². The minimum Gasteiger partial charge on any atom is -0.481 e. The van der Waals surface area contributed by atoms with Gasteiger partial charge in [-0.1, -0.05) is 5.16 Å². The fraction of sp³-hybridized carbons (Fsp3) is 0.250. The topological polar surface area (TPSA) is 86.3 Å². The van der Waals surface area contributed by atoms with Gasteiger partial charge in [-0.25, -0.2) is 4.98 Å². The molecule has 24 heavy (non-hydrogen) atoms. The highest BCUT2D eigenvalue weighted by Crippen LogP contribution is 2.17. The van der Waals surface area contributed by atoms with Crippen molar-refractivity contribution in [1.29, 1.82) is 0 Å². The third-order valence-corrected chi connectivity index (χ3v) is 3.48. The van der Waals surface area contributed by atoms with Crippen molar-refractivity contribution in [3.05, 3.63) is 53.8 Å². The molecular formula is C16H17N5O3. The number of anilines is 1. The van der Waals surface area contributed by atoms with Crippen LogP contribution in [0.3, 0.4) is 0 Å². The lowest BCUT2D eigenvalue weighted by atomic mass is 10.3. The number of aromatic nitrogens is 4. The average molecular weight is 327 g/mol. The molecule has 0 aliphatic carbocycles. The second-order valence-electron chi connectivity index (χ2n) is 5.32. The first-order chi connectivity index (χ1) is 11.6. The second-order valence-corrected chi connectivity index (χ2v) is 5.32. The molecule has 3 heterocycles. The van der Waals surface area contributed by atoms with Crippen LogP contribution in [0.4, 0.5) is 5.69 Å². The number of carbonyl (C=O) groups is 1. The standard InChI is InChI=1S/C16H17N5O3/c1-11-7-18-21(9-11)10-13-6-14(19-24-13)16(22)20(2)12-4-5-15(23-3)17-8-12/h4-9H,10H2,1-3H3. The third kappa shape index (κ3) is 3.27. The van der Waals surface area contributed by atoms with Crippen molar-refractivity contribution in [1.82, 2.24) is 19.9 Å². The Kier molecular flexibility index (Phi) is 4.28. The van der Waals surface area contributed by atoms with Gasteiger partial charge in [0.25, 0.3) is 5.91 Å². The summed E-state index contributed by atoms with van der Waals surface area (Å²) in [6.45, 7) is 2.37. The predicted octanol–water partition coefficient (Wildman–Crippen LogP) is 1.91. The summed E-state index contributed by atoms with van der Waals surface area (Å²) >= 11 is 0. The summed E-state index contributed by atoms with van der Waals surface area (Å²) in [6, 6.07) is 5.05. The van der Waals surface area contributed by atoms with Crippen LogP contribution in [0, 0.1) is 6.92 Å². The van der Waals surface area contributed by atoms with Crippen molar-refractivity contribution >= 4 is 11.6 Å². The normalized spacial score (nSPS) is 10.6. The van der Waals surface area contributed by atoms with E-state index in [0.717, 1.165) is 5.56 Å². The summed E-state index contributed by atoms with van der Waals surface area (Å²) in [5.41, 5.74) is 1.91. The Morgan fingerprint density at radius 2 is 2.21 bits per heavy atom. The molecule has 0 spiro atoms. The van der Waals surface area contributed by atoms with Gasteiger partial charge >= 0.3 is 0 Å². The Balaban J connectivity index is 1.72. The Hall–Kier alpha value is -3.16. The number of carbonyl (C=O) groups excluding carboxylic acids is 1. The molecule has 1 amide bonds. The number of hydrogen-bond donors (Lipinski definition) is 0. The Bertz CT molecular complexity index is 838. The minimum atomic E-state index is -0.284. The van der Waals surface area contributed by atoms with E-state index in [1.165, 1.54) is 12.0 Å². The summed E-state index contributed by atoms with van der Waals surface area (Å²) in [5, 5.41) is 8.02. The maximum atomic E-state index is 12.5. The summed E-state index contributed by atoms with van der Waals surface area (Å²) in [7, 11) is 3.19. The van der Waals surface area contributed by atoms with E-state index in [1.807, 2.05) is 13.1 Å². The van der Waals surface area contributed by atoms with Crippen molar-refractivity contribution < 1.29 is 14.1 Å². The van der Waals surface area contributed by atoms with E-state index in [9.17, 15) is 4.79 Å². The van der Waals surface area contributed by atoms with Crippen molar-refractivity contribution in [3.8, 4) is 5.88 Å². The molecule has 0 aliphatic heterocycles. The first-order valence-corrected chi connectivity index (χ1v) is 7.29. The molecule has 124 valence electrons. The van der Waals surface area contributed by atoms with E-state index in [0.29, 0.717) is 23.9 Å². The summed E-state index contributed by atoms with van der Waals surface area (Å²) in [5.74, 6) is 0.758. The first-order valence-electron chi connectivity index (χ1n) is 7.29. The fourth-order valence-corrected chi connectivity index (χ4v) is 2.18. The van der Waals surface area contributed by atoms with Gasteiger partial charge in [0.1, 0.15) is 6.54 Å². The quantitative estimate of drug-likeness (QED) is 0.711.